The molecule has 4 aliphatic rings. The van der Waals surface area contributed by atoms with Gasteiger partial charge in [0.25, 0.3) is 0 Å². The van der Waals surface area contributed by atoms with Crippen LogP contribution in [0.2, 0.25) is 0 Å². The number of hydrogen-bond donors (Lipinski definition) is 0. The first-order valence-electron chi connectivity index (χ1n) is 26.8. The number of benzene rings is 12. The van der Waals surface area contributed by atoms with Crippen LogP contribution in [0.3, 0.4) is 0 Å². The van der Waals surface area contributed by atoms with Gasteiger partial charge in [0.1, 0.15) is 11.2 Å². The fourth-order valence-electron chi connectivity index (χ4n) is 15.1. The number of nitrogens with zero attached hydrogens (tertiary/aromatic N) is 2. The normalized spacial score (nSPS) is 14.2. The summed E-state index contributed by atoms with van der Waals surface area (Å²) < 4.78 is 8.84. The Morgan fingerprint density at radius 3 is 1.49 bits per heavy atom. The van der Waals surface area contributed by atoms with Gasteiger partial charge in [0, 0.05) is 38.5 Å². The molecule has 12 aromatic carbocycles. The number of anilines is 3. The van der Waals surface area contributed by atoms with Crippen LogP contribution < -0.4 is 4.90 Å². The molecule has 2 spiro atoms. The van der Waals surface area contributed by atoms with Gasteiger partial charge in [-0.15, -0.1) is 0 Å². The van der Waals surface area contributed by atoms with Crippen LogP contribution >= 0.6 is 0 Å². The zero-order valence-electron chi connectivity index (χ0n) is 41.7. The first-order valence-corrected chi connectivity index (χ1v) is 26.8. The Morgan fingerprint density at radius 2 is 0.805 bits per heavy atom. The van der Waals surface area contributed by atoms with Crippen LogP contribution in [0, 0.1) is 0 Å². The summed E-state index contributed by atoms with van der Waals surface area (Å²) in [7, 11) is 0. The third-order valence-electron chi connectivity index (χ3n) is 18.0. The summed E-state index contributed by atoms with van der Waals surface area (Å²) in [4.78, 5) is 2.56. The van der Waals surface area contributed by atoms with E-state index in [2.05, 4.69) is 270 Å². The number of rotatable bonds is 4. The van der Waals surface area contributed by atoms with Gasteiger partial charge in [-0.1, -0.05) is 206 Å². The lowest BCUT2D eigenvalue weighted by molar-refractivity contribution is 0.669. The van der Waals surface area contributed by atoms with Gasteiger partial charge in [0.05, 0.1) is 33.2 Å². The molecule has 0 saturated carbocycles. The Labute approximate surface area is 444 Å². The first-order chi connectivity index (χ1) is 38.2. The first kappa shape index (κ1) is 41.4. The minimum atomic E-state index is -0.611. The molecule has 3 heterocycles. The van der Waals surface area contributed by atoms with E-state index in [1.165, 1.54) is 105 Å². The predicted octanol–water partition coefficient (Wildman–Crippen LogP) is 18.8. The van der Waals surface area contributed by atoms with E-state index in [-0.39, 0.29) is 0 Å². The van der Waals surface area contributed by atoms with Crippen LogP contribution in [-0.4, -0.2) is 4.57 Å². The lowest BCUT2D eigenvalue weighted by atomic mass is 9.65. The molecule has 3 aliphatic carbocycles. The third-order valence-corrected chi connectivity index (χ3v) is 18.0. The molecule has 0 atom stereocenters. The number of furan rings is 1. The molecule has 1 aliphatic heterocycles. The fourth-order valence-corrected chi connectivity index (χ4v) is 15.1. The fraction of sp³-hybridized carbons (Fsp3) is 0.0270. The SMILES string of the molecule is c1ccc2c(c1)-c1ccccc1C21c2ccccc2-c2c(N(c3ccc(-c4ccc5oc6ccccc6c5c4)cc3)c3ccc4c(c3)C3(c5ccccc5-c5ccccc53)c3cccc5c6ccccc6n-4c35)cccc21. The molecule has 0 unspecified atom stereocenters. The molecule has 0 N–H and O–H groups in total. The van der Waals surface area contributed by atoms with Crippen LogP contribution in [0.4, 0.5) is 17.1 Å². The maximum Gasteiger partial charge on any atom is 0.135 e. The highest BCUT2D eigenvalue weighted by Crippen LogP contribution is 2.66. The van der Waals surface area contributed by atoms with Crippen LogP contribution in [0.15, 0.2) is 271 Å². The van der Waals surface area contributed by atoms with Crippen molar-refractivity contribution in [3.05, 3.63) is 311 Å². The maximum absolute atomic E-state index is 6.28. The van der Waals surface area contributed by atoms with E-state index in [9.17, 15) is 0 Å². The summed E-state index contributed by atoms with van der Waals surface area (Å²) >= 11 is 0. The zero-order chi connectivity index (χ0) is 50.1. The zero-order valence-corrected chi connectivity index (χ0v) is 41.7. The summed E-state index contributed by atoms with van der Waals surface area (Å²) in [6.07, 6.45) is 0. The van der Waals surface area contributed by atoms with E-state index in [0.29, 0.717) is 0 Å². The molecule has 0 bridgehead atoms. The van der Waals surface area contributed by atoms with Gasteiger partial charge in [-0.3, -0.25) is 0 Å². The van der Waals surface area contributed by atoms with Gasteiger partial charge in [-0.05, 0) is 144 Å². The van der Waals surface area contributed by atoms with E-state index in [1.807, 2.05) is 6.07 Å². The largest absolute Gasteiger partial charge is 0.456 e. The molecular weight excluding hydrogens is 933 g/mol. The van der Waals surface area contributed by atoms with Gasteiger partial charge in [0.15, 0.2) is 0 Å². The Balaban J connectivity index is 0.929. The minimum absolute atomic E-state index is 0.498. The molecule has 3 heteroatoms. The minimum Gasteiger partial charge on any atom is -0.456 e. The van der Waals surface area contributed by atoms with Crippen molar-refractivity contribution in [2.45, 2.75) is 10.8 Å². The van der Waals surface area contributed by atoms with E-state index in [4.69, 9.17) is 4.42 Å². The number of aromatic nitrogens is 1. The molecule has 356 valence electrons. The monoisotopic (exact) mass is 976 g/mol. The molecule has 2 aromatic heterocycles. The standard InChI is InChI=1S/C74H44N2O/c1-8-25-58-49(17-1)50-18-2-9-26-59(50)73(58)62-29-12-5-23-56(62)71-63(73)30-16-33-68(71)75(47-38-35-45(36-39-47)46-37-42-70-57(43-46)54-22-7-14-34-69(54)77-70)48-40-41-67-65(44-48)74(60-27-10-3-19-51(60)52-20-4-11-28-61(52)74)64-31-15-24-55-53-21-6-13-32-66(53)76(67)72(55)64/h1-44H. The summed E-state index contributed by atoms with van der Waals surface area (Å²) in [5, 5.41) is 4.79. The molecule has 0 fully saturated rings. The second kappa shape index (κ2) is 14.9. The van der Waals surface area contributed by atoms with Crippen molar-refractivity contribution < 1.29 is 4.42 Å². The van der Waals surface area contributed by atoms with Gasteiger partial charge in [-0.25, -0.2) is 0 Å². The predicted molar refractivity (Wildman–Crippen MR) is 315 cm³/mol. The summed E-state index contributed by atoms with van der Waals surface area (Å²) in [5.74, 6) is 0. The quantitative estimate of drug-likeness (QED) is 0.175. The Morgan fingerprint density at radius 1 is 0.312 bits per heavy atom. The Kier molecular flexibility index (Phi) is 8.00. The van der Waals surface area contributed by atoms with E-state index >= 15 is 0 Å². The molecule has 77 heavy (non-hydrogen) atoms. The van der Waals surface area contributed by atoms with Gasteiger partial charge in [0.2, 0.25) is 0 Å². The van der Waals surface area contributed by atoms with Gasteiger partial charge >= 0.3 is 0 Å². The molecular formula is C74H44N2O. The van der Waals surface area contributed by atoms with Crippen molar-refractivity contribution in [1.82, 2.24) is 4.57 Å². The van der Waals surface area contributed by atoms with Crippen molar-refractivity contribution in [3.8, 4) is 50.2 Å². The van der Waals surface area contributed by atoms with E-state index in [1.54, 1.807) is 0 Å². The molecule has 18 rings (SSSR count). The highest BCUT2D eigenvalue weighted by Gasteiger charge is 2.54. The van der Waals surface area contributed by atoms with Crippen LogP contribution in [0.5, 0.6) is 0 Å². The van der Waals surface area contributed by atoms with Crippen LogP contribution in [0.25, 0.3) is 93.9 Å². The van der Waals surface area contributed by atoms with Crippen LogP contribution in [0.1, 0.15) is 44.5 Å². The second-order valence-corrected chi connectivity index (χ2v) is 21.4. The average Bonchev–Trinajstić information content (AvgIpc) is 3.41. The van der Waals surface area contributed by atoms with Crippen molar-refractivity contribution in [3.63, 3.8) is 0 Å². The van der Waals surface area contributed by atoms with E-state index < -0.39 is 10.8 Å². The van der Waals surface area contributed by atoms with Gasteiger partial charge in [-0.2, -0.15) is 0 Å². The smallest absolute Gasteiger partial charge is 0.135 e. The van der Waals surface area contributed by atoms with Crippen LogP contribution in [-0.2, 0) is 10.8 Å². The molecule has 0 amide bonds. The second-order valence-electron chi connectivity index (χ2n) is 21.4. The summed E-state index contributed by atoms with van der Waals surface area (Å²) in [6, 6.07) is 100. The van der Waals surface area contributed by atoms with Crippen molar-refractivity contribution in [2.24, 2.45) is 0 Å². The summed E-state index contributed by atoms with van der Waals surface area (Å²) in [5.41, 5.74) is 28.2. The average molecular weight is 977 g/mol. The van der Waals surface area contributed by atoms with Crippen molar-refractivity contribution >= 4 is 60.8 Å². The van der Waals surface area contributed by atoms with Crippen molar-refractivity contribution in [1.29, 1.82) is 0 Å². The highest BCUT2D eigenvalue weighted by atomic mass is 16.3. The number of para-hydroxylation sites is 3. The maximum atomic E-state index is 6.28. The third kappa shape index (κ3) is 5.07. The molecule has 14 aromatic rings. The lowest BCUT2D eigenvalue weighted by Crippen LogP contribution is -2.33. The lowest BCUT2D eigenvalue weighted by Gasteiger charge is -2.40. The number of hydrogen-bond acceptors (Lipinski definition) is 2. The molecule has 0 radical (unpaired) electrons. The Bertz CT molecular complexity index is 4800. The summed E-state index contributed by atoms with van der Waals surface area (Å²) in [6.45, 7) is 0. The highest BCUT2D eigenvalue weighted by molar-refractivity contribution is 6.13. The topological polar surface area (TPSA) is 21.3 Å². The number of fused-ring (bicyclic) bond motifs is 25. The molecule has 3 nitrogen and oxygen atoms in total. The van der Waals surface area contributed by atoms with Gasteiger partial charge < -0.3 is 13.9 Å². The van der Waals surface area contributed by atoms with Crippen molar-refractivity contribution in [2.75, 3.05) is 4.90 Å². The molecule has 0 saturated heterocycles. The van der Waals surface area contributed by atoms with E-state index in [0.717, 1.165) is 50.1 Å². The Hall–Kier alpha value is -9.96.